The van der Waals surface area contributed by atoms with E-state index in [1.165, 1.54) is 9.56 Å². The Kier molecular flexibility index (Phi) is 5.73. The number of ether oxygens (including phenoxy) is 1. The molecule has 0 bridgehead atoms. The van der Waals surface area contributed by atoms with E-state index in [4.69, 9.17) is 4.74 Å². The van der Waals surface area contributed by atoms with E-state index in [2.05, 4.69) is 16.5 Å². The van der Waals surface area contributed by atoms with Gasteiger partial charge in [0.1, 0.15) is 17.9 Å². The minimum absolute atomic E-state index is 0.0746. The van der Waals surface area contributed by atoms with Crippen LogP contribution in [0, 0.1) is 6.92 Å². The van der Waals surface area contributed by atoms with Crippen LogP contribution in [0.3, 0.4) is 0 Å². The van der Waals surface area contributed by atoms with Crippen LogP contribution in [0.4, 0.5) is 0 Å². The lowest BCUT2D eigenvalue weighted by Gasteiger charge is -2.10. The molecule has 0 saturated heterocycles. The highest BCUT2D eigenvalue weighted by atomic mass is 32.1. The van der Waals surface area contributed by atoms with Crippen molar-refractivity contribution in [3.05, 3.63) is 33.2 Å². The highest BCUT2D eigenvalue weighted by Crippen LogP contribution is 2.28. The maximum absolute atomic E-state index is 12.8. The zero-order valence-corrected chi connectivity index (χ0v) is 16.2. The number of aryl methyl sites for hydroxylation is 2. The van der Waals surface area contributed by atoms with Gasteiger partial charge in [0, 0.05) is 31.1 Å². The number of hydrogen-bond acceptors (Lipinski definition) is 5. The fourth-order valence-electron chi connectivity index (χ4n) is 2.99. The standard InChI is InChI=1S/C18H24N4O3S/c1-4-16-20-21(11-17(23)19-7-6-8-25-5-2)18(24)14-10-15-13(22(14)16)9-12(3)26-15/h9-10H,4-8,11H2,1-3H3,(H,19,23). The Hall–Kier alpha value is -2.19. The number of thiophene rings is 1. The van der Waals surface area contributed by atoms with Crippen LogP contribution in [0.15, 0.2) is 16.9 Å². The molecule has 0 radical (unpaired) electrons. The van der Waals surface area contributed by atoms with Crippen molar-refractivity contribution in [2.45, 2.75) is 40.2 Å². The zero-order valence-electron chi connectivity index (χ0n) is 15.4. The average Bonchev–Trinajstić information content (AvgIpc) is 3.13. The predicted octanol–water partition coefficient (Wildman–Crippen LogP) is 2.12. The Morgan fingerprint density at radius 2 is 2.12 bits per heavy atom. The Balaban J connectivity index is 1.84. The van der Waals surface area contributed by atoms with E-state index in [0.717, 1.165) is 22.5 Å². The summed E-state index contributed by atoms with van der Waals surface area (Å²) in [6.07, 6.45) is 1.42. The Morgan fingerprint density at radius 3 is 2.85 bits per heavy atom. The number of fused-ring (bicyclic) bond motifs is 3. The number of nitrogens with one attached hydrogen (secondary N) is 1. The van der Waals surface area contributed by atoms with Gasteiger partial charge in [-0.25, -0.2) is 4.68 Å². The number of carbonyl (C=O) groups is 1. The summed E-state index contributed by atoms with van der Waals surface area (Å²) < 4.78 is 9.48. The zero-order chi connectivity index (χ0) is 18.7. The van der Waals surface area contributed by atoms with Crippen molar-refractivity contribution in [1.29, 1.82) is 0 Å². The highest BCUT2D eigenvalue weighted by molar-refractivity contribution is 7.19. The second kappa shape index (κ2) is 8.01. The van der Waals surface area contributed by atoms with Gasteiger partial charge in [-0.2, -0.15) is 5.10 Å². The molecule has 0 saturated carbocycles. The number of amides is 1. The summed E-state index contributed by atoms with van der Waals surface area (Å²) in [5.74, 6) is 0.559. The van der Waals surface area contributed by atoms with E-state index in [9.17, 15) is 9.59 Å². The van der Waals surface area contributed by atoms with Crippen LogP contribution in [0.25, 0.3) is 15.7 Å². The van der Waals surface area contributed by atoms with E-state index < -0.39 is 0 Å². The topological polar surface area (TPSA) is 77.6 Å². The summed E-state index contributed by atoms with van der Waals surface area (Å²) in [4.78, 5) is 26.1. The number of carbonyl (C=O) groups excluding carboxylic acids is 1. The maximum Gasteiger partial charge on any atom is 0.291 e. The molecule has 7 nitrogen and oxygen atoms in total. The SMILES string of the molecule is CCOCCCNC(=O)Cn1nc(CC)n2c(cc3sc(C)cc32)c1=O. The third kappa shape index (κ3) is 3.66. The minimum atomic E-state index is -0.243. The molecule has 0 aliphatic rings. The molecule has 0 aliphatic carbocycles. The lowest BCUT2D eigenvalue weighted by atomic mass is 10.4. The van der Waals surface area contributed by atoms with Crippen LogP contribution in [0.5, 0.6) is 0 Å². The molecule has 26 heavy (non-hydrogen) atoms. The third-order valence-electron chi connectivity index (χ3n) is 4.16. The molecule has 140 valence electrons. The molecule has 0 fully saturated rings. The monoisotopic (exact) mass is 376 g/mol. The van der Waals surface area contributed by atoms with Gasteiger partial charge in [0.25, 0.3) is 5.56 Å². The second-order valence-corrected chi connectivity index (χ2v) is 7.39. The molecule has 1 amide bonds. The predicted molar refractivity (Wildman–Crippen MR) is 103 cm³/mol. The quantitative estimate of drug-likeness (QED) is 0.611. The summed E-state index contributed by atoms with van der Waals surface area (Å²) in [5, 5.41) is 7.24. The first-order valence-electron chi connectivity index (χ1n) is 8.91. The smallest absolute Gasteiger partial charge is 0.291 e. The van der Waals surface area contributed by atoms with Crippen LogP contribution in [0.2, 0.25) is 0 Å². The van der Waals surface area contributed by atoms with Gasteiger partial charge < -0.3 is 10.1 Å². The summed E-state index contributed by atoms with van der Waals surface area (Å²) in [7, 11) is 0. The molecule has 1 N–H and O–H groups in total. The van der Waals surface area contributed by atoms with E-state index in [0.29, 0.717) is 31.7 Å². The Labute approximate surface area is 155 Å². The first-order chi connectivity index (χ1) is 12.5. The van der Waals surface area contributed by atoms with Crippen molar-refractivity contribution < 1.29 is 9.53 Å². The van der Waals surface area contributed by atoms with Crippen molar-refractivity contribution in [1.82, 2.24) is 19.5 Å². The molecule has 3 heterocycles. The van der Waals surface area contributed by atoms with Gasteiger partial charge in [-0.1, -0.05) is 6.92 Å². The van der Waals surface area contributed by atoms with E-state index in [1.54, 1.807) is 11.3 Å². The van der Waals surface area contributed by atoms with Crippen molar-refractivity contribution in [2.24, 2.45) is 0 Å². The van der Waals surface area contributed by atoms with Gasteiger partial charge in [0.2, 0.25) is 5.91 Å². The fraction of sp³-hybridized carbons (Fsp3) is 0.500. The van der Waals surface area contributed by atoms with Gasteiger partial charge in [0.05, 0.1) is 10.2 Å². The number of aromatic nitrogens is 3. The van der Waals surface area contributed by atoms with Crippen LogP contribution in [-0.4, -0.2) is 39.8 Å². The summed E-state index contributed by atoms with van der Waals surface area (Å²) in [6.45, 7) is 7.71. The largest absolute Gasteiger partial charge is 0.382 e. The average molecular weight is 376 g/mol. The van der Waals surface area contributed by atoms with Crippen LogP contribution in [-0.2, 0) is 22.5 Å². The number of hydrogen-bond donors (Lipinski definition) is 1. The molecule has 8 heteroatoms. The maximum atomic E-state index is 12.8. The Morgan fingerprint density at radius 1 is 1.31 bits per heavy atom. The molecule has 0 spiro atoms. The molecule has 0 atom stereocenters. The van der Waals surface area contributed by atoms with Gasteiger partial charge in [-0.3, -0.25) is 14.0 Å². The van der Waals surface area contributed by atoms with Gasteiger partial charge in [-0.15, -0.1) is 11.3 Å². The summed E-state index contributed by atoms with van der Waals surface area (Å²) in [6, 6.07) is 3.97. The van der Waals surface area contributed by atoms with E-state index >= 15 is 0 Å². The highest BCUT2D eigenvalue weighted by Gasteiger charge is 2.16. The number of nitrogens with zero attached hydrogens (tertiary/aromatic N) is 3. The van der Waals surface area contributed by atoms with E-state index in [-0.39, 0.29) is 18.0 Å². The first-order valence-corrected chi connectivity index (χ1v) is 9.72. The summed E-state index contributed by atoms with van der Waals surface area (Å²) in [5.41, 5.74) is 1.34. The van der Waals surface area contributed by atoms with Crippen LogP contribution >= 0.6 is 11.3 Å². The normalized spacial score (nSPS) is 11.5. The van der Waals surface area contributed by atoms with Crippen molar-refractivity contribution in [2.75, 3.05) is 19.8 Å². The van der Waals surface area contributed by atoms with Crippen molar-refractivity contribution >= 4 is 33.0 Å². The van der Waals surface area contributed by atoms with Crippen LogP contribution < -0.4 is 10.9 Å². The molecule has 3 aromatic rings. The van der Waals surface area contributed by atoms with Gasteiger partial charge >= 0.3 is 0 Å². The lowest BCUT2D eigenvalue weighted by molar-refractivity contribution is -0.121. The van der Waals surface area contributed by atoms with Gasteiger partial charge in [-0.05, 0) is 32.4 Å². The molecule has 0 unspecified atom stereocenters. The van der Waals surface area contributed by atoms with Crippen LogP contribution in [0.1, 0.15) is 31.0 Å². The number of rotatable bonds is 8. The Bertz CT molecular complexity index is 986. The molecule has 3 rings (SSSR count). The van der Waals surface area contributed by atoms with Crippen molar-refractivity contribution in [3.8, 4) is 0 Å². The second-order valence-electron chi connectivity index (χ2n) is 6.10. The van der Waals surface area contributed by atoms with E-state index in [1.807, 2.05) is 31.2 Å². The lowest BCUT2D eigenvalue weighted by Crippen LogP contribution is -2.35. The minimum Gasteiger partial charge on any atom is -0.382 e. The first kappa shape index (κ1) is 18.6. The van der Waals surface area contributed by atoms with Gasteiger partial charge in [0.15, 0.2) is 0 Å². The molecular weight excluding hydrogens is 352 g/mol. The molecule has 0 aromatic carbocycles. The third-order valence-corrected chi connectivity index (χ3v) is 5.15. The fourth-order valence-corrected chi connectivity index (χ4v) is 3.93. The molecule has 3 aromatic heterocycles. The molecule has 0 aliphatic heterocycles. The molecular formula is C18H24N4O3S. The summed E-state index contributed by atoms with van der Waals surface area (Å²) >= 11 is 1.66. The van der Waals surface area contributed by atoms with Crippen molar-refractivity contribution in [3.63, 3.8) is 0 Å².